The number of aromatic nitrogens is 2. The van der Waals surface area contributed by atoms with Gasteiger partial charge in [0.2, 0.25) is 0 Å². The fraction of sp³-hybridized carbons (Fsp3) is 0.167. The SMILES string of the molecule is Cn1ccnc1CNc1ccc(C#N)c(Br)c1F. The molecule has 2 rings (SSSR count). The highest BCUT2D eigenvalue weighted by Crippen LogP contribution is 2.26. The molecule has 0 aliphatic heterocycles. The maximum Gasteiger partial charge on any atom is 0.161 e. The van der Waals surface area contributed by atoms with Gasteiger partial charge in [-0.2, -0.15) is 5.26 Å². The van der Waals surface area contributed by atoms with E-state index in [2.05, 4.69) is 26.2 Å². The fourth-order valence-electron chi connectivity index (χ4n) is 1.51. The van der Waals surface area contributed by atoms with E-state index in [4.69, 9.17) is 5.26 Å². The van der Waals surface area contributed by atoms with Crippen molar-refractivity contribution >= 4 is 21.6 Å². The molecule has 18 heavy (non-hydrogen) atoms. The first-order valence-electron chi connectivity index (χ1n) is 5.21. The van der Waals surface area contributed by atoms with Crippen molar-refractivity contribution in [1.29, 1.82) is 5.26 Å². The molecule has 1 aromatic heterocycles. The van der Waals surface area contributed by atoms with Gasteiger partial charge in [-0.25, -0.2) is 9.37 Å². The minimum atomic E-state index is -0.469. The summed E-state index contributed by atoms with van der Waals surface area (Å²) >= 11 is 3.07. The largest absolute Gasteiger partial charge is 0.375 e. The predicted molar refractivity (Wildman–Crippen MR) is 69.3 cm³/mol. The van der Waals surface area contributed by atoms with Crippen LogP contribution in [0.4, 0.5) is 10.1 Å². The number of nitriles is 1. The van der Waals surface area contributed by atoms with Crippen molar-refractivity contribution in [3.8, 4) is 6.07 Å². The Hall–Kier alpha value is -1.87. The van der Waals surface area contributed by atoms with Gasteiger partial charge in [0.25, 0.3) is 0 Å². The third kappa shape index (κ3) is 2.36. The fourth-order valence-corrected chi connectivity index (χ4v) is 1.95. The zero-order valence-corrected chi connectivity index (χ0v) is 11.2. The molecule has 92 valence electrons. The molecule has 0 spiro atoms. The quantitative estimate of drug-likeness (QED) is 0.948. The lowest BCUT2D eigenvalue weighted by Gasteiger charge is -2.09. The first kappa shape index (κ1) is 12.6. The Bertz CT molecular complexity index is 615. The zero-order chi connectivity index (χ0) is 13.1. The number of halogens is 2. The van der Waals surface area contributed by atoms with Crippen LogP contribution in [-0.2, 0) is 13.6 Å². The highest BCUT2D eigenvalue weighted by molar-refractivity contribution is 9.10. The third-order valence-electron chi connectivity index (χ3n) is 2.56. The lowest BCUT2D eigenvalue weighted by Crippen LogP contribution is -2.07. The van der Waals surface area contributed by atoms with Gasteiger partial charge in [-0.05, 0) is 28.1 Å². The lowest BCUT2D eigenvalue weighted by molar-refractivity contribution is 0.622. The van der Waals surface area contributed by atoms with Crippen LogP contribution >= 0.6 is 15.9 Å². The van der Waals surface area contributed by atoms with Crippen LogP contribution in [0.2, 0.25) is 0 Å². The summed E-state index contributed by atoms with van der Waals surface area (Å²) in [6, 6.07) is 5.02. The van der Waals surface area contributed by atoms with Gasteiger partial charge >= 0.3 is 0 Å². The molecule has 0 aliphatic carbocycles. The Labute approximate surface area is 112 Å². The summed E-state index contributed by atoms with van der Waals surface area (Å²) in [6.07, 6.45) is 3.50. The van der Waals surface area contributed by atoms with E-state index in [1.54, 1.807) is 18.3 Å². The smallest absolute Gasteiger partial charge is 0.161 e. The second-order valence-corrected chi connectivity index (χ2v) is 4.50. The molecule has 1 aromatic carbocycles. The summed E-state index contributed by atoms with van der Waals surface area (Å²) in [7, 11) is 1.87. The van der Waals surface area contributed by atoms with Crippen molar-refractivity contribution in [1.82, 2.24) is 9.55 Å². The number of nitrogens with zero attached hydrogens (tertiary/aromatic N) is 3. The van der Waals surface area contributed by atoms with Gasteiger partial charge in [0.05, 0.1) is 22.3 Å². The summed E-state index contributed by atoms with van der Waals surface area (Å²) < 4.78 is 15.9. The number of hydrogen-bond acceptors (Lipinski definition) is 3. The van der Waals surface area contributed by atoms with Crippen LogP contribution in [0.25, 0.3) is 0 Å². The summed E-state index contributed by atoms with van der Waals surface area (Å²) in [5.41, 5.74) is 0.610. The summed E-state index contributed by atoms with van der Waals surface area (Å²) in [6.45, 7) is 0.415. The first-order valence-corrected chi connectivity index (χ1v) is 6.01. The minimum absolute atomic E-state index is 0.176. The number of hydrogen-bond donors (Lipinski definition) is 1. The number of aryl methyl sites for hydroxylation is 1. The Morgan fingerprint density at radius 1 is 1.56 bits per heavy atom. The number of anilines is 1. The van der Waals surface area contributed by atoms with Crippen molar-refractivity contribution in [2.24, 2.45) is 7.05 Å². The maximum absolute atomic E-state index is 13.9. The van der Waals surface area contributed by atoms with E-state index >= 15 is 0 Å². The van der Waals surface area contributed by atoms with Crippen LogP contribution in [-0.4, -0.2) is 9.55 Å². The molecule has 0 saturated heterocycles. The van der Waals surface area contributed by atoms with Crippen molar-refractivity contribution < 1.29 is 4.39 Å². The van der Waals surface area contributed by atoms with Gasteiger partial charge in [0.1, 0.15) is 11.9 Å². The van der Waals surface area contributed by atoms with E-state index in [0.717, 1.165) is 5.82 Å². The average molecular weight is 309 g/mol. The van der Waals surface area contributed by atoms with E-state index in [-0.39, 0.29) is 10.0 Å². The van der Waals surface area contributed by atoms with E-state index in [1.807, 2.05) is 23.9 Å². The minimum Gasteiger partial charge on any atom is -0.375 e. The highest BCUT2D eigenvalue weighted by atomic mass is 79.9. The van der Waals surface area contributed by atoms with Gasteiger partial charge in [-0.3, -0.25) is 0 Å². The van der Waals surface area contributed by atoms with Gasteiger partial charge in [-0.15, -0.1) is 0 Å². The zero-order valence-electron chi connectivity index (χ0n) is 9.61. The number of benzene rings is 1. The maximum atomic E-state index is 13.9. The van der Waals surface area contributed by atoms with E-state index in [0.29, 0.717) is 12.2 Å². The summed E-state index contributed by atoms with van der Waals surface area (Å²) in [5.74, 6) is 0.332. The molecular weight excluding hydrogens is 299 g/mol. The van der Waals surface area contributed by atoms with Crippen molar-refractivity contribution in [2.45, 2.75) is 6.54 Å². The van der Waals surface area contributed by atoms with Crippen molar-refractivity contribution in [3.05, 3.63) is 46.2 Å². The second kappa shape index (κ2) is 5.19. The van der Waals surface area contributed by atoms with Gasteiger partial charge < -0.3 is 9.88 Å². The Balaban J connectivity index is 2.19. The molecule has 0 radical (unpaired) electrons. The van der Waals surface area contributed by atoms with Crippen molar-refractivity contribution in [3.63, 3.8) is 0 Å². The van der Waals surface area contributed by atoms with Crippen LogP contribution in [0, 0.1) is 17.1 Å². The monoisotopic (exact) mass is 308 g/mol. The number of imidazole rings is 1. The molecule has 0 fully saturated rings. The number of nitrogens with one attached hydrogen (secondary N) is 1. The second-order valence-electron chi connectivity index (χ2n) is 3.71. The Kier molecular flexibility index (Phi) is 3.63. The normalized spacial score (nSPS) is 10.1. The van der Waals surface area contributed by atoms with Gasteiger partial charge in [0.15, 0.2) is 5.82 Å². The molecule has 0 atom stereocenters. The van der Waals surface area contributed by atoms with E-state index < -0.39 is 5.82 Å². The standard InChI is InChI=1S/C12H10BrFN4/c1-18-5-4-16-10(18)7-17-9-3-2-8(6-15)11(13)12(9)14/h2-5,17H,7H2,1H3. The molecule has 0 unspecified atom stereocenters. The summed E-state index contributed by atoms with van der Waals surface area (Å²) in [4.78, 5) is 4.13. The van der Waals surface area contributed by atoms with Gasteiger partial charge in [-0.1, -0.05) is 0 Å². The number of rotatable bonds is 3. The van der Waals surface area contributed by atoms with E-state index in [9.17, 15) is 4.39 Å². The predicted octanol–water partition coefficient (Wildman–Crippen LogP) is 2.81. The molecule has 0 amide bonds. The molecule has 4 nitrogen and oxygen atoms in total. The third-order valence-corrected chi connectivity index (χ3v) is 3.34. The molecule has 0 aliphatic rings. The van der Waals surface area contributed by atoms with Crippen LogP contribution in [0.5, 0.6) is 0 Å². The molecule has 0 bridgehead atoms. The average Bonchev–Trinajstić information content (AvgIpc) is 2.77. The Morgan fingerprint density at radius 3 is 2.94 bits per heavy atom. The topological polar surface area (TPSA) is 53.6 Å². The van der Waals surface area contributed by atoms with Gasteiger partial charge in [0, 0.05) is 19.4 Å². The lowest BCUT2D eigenvalue weighted by atomic mass is 10.2. The molecule has 1 heterocycles. The molecule has 0 saturated carbocycles. The first-order chi connectivity index (χ1) is 8.63. The molecule has 6 heteroatoms. The summed E-state index contributed by atoms with van der Waals surface area (Å²) in [5, 5.41) is 11.7. The van der Waals surface area contributed by atoms with Crippen LogP contribution in [0.15, 0.2) is 29.0 Å². The molecule has 1 N–H and O–H groups in total. The molecular formula is C12H10BrFN4. The van der Waals surface area contributed by atoms with Crippen LogP contribution < -0.4 is 5.32 Å². The van der Waals surface area contributed by atoms with Crippen LogP contribution in [0.3, 0.4) is 0 Å². The van der Waals surface area contributed by atoms with Crippen molar-refractivity contribution in [2.75, 3.05) is 5.32 Å². The molecule has 2 aromatic rings. The van der Waals surface area contributed by atoms with Crippen LogP contribution in [0.1, 0.15) is 11.4 Å². The van der Waals surface area contributed by atoms with E-state index in [1.165, 1.54) is 0 Å². The highest BCUT2D eigenvalue weighted by Gasteiger charge is 2.11. The Morgan fingerprint density at radius 2 is 2.33 bits per heavy atom.